The molecule has 21 heavy (non-hydrogen) atoms. The van der Waals surface area contributed by atoms with Crippen molar-refractivity contribution in [2.75, 3.05) is 0 Å². The zero-order chi connectivity index (χ0) is 16.2. The lowest BCUT2D eigenvalue weighted by atomic mass is 10.0. The van der Waals surface area contributed by atoms with Crippen LogP contribution in [-0.2, 0) is 31.7 Å². The van der Waals surface area contributed by atoms with Crippen LogP contribution < -0.4 is 0 Å². The fraction of sp³-hybridized carbons (Fsp3) is 0.364. The van der Waals surface area contributed by atoms with Gasteiger partial charge in [0, 0.05) is 23.7 Å². The number of pyridine rings is 1. The van der Waals surface area contributed by atoms with Gasteiger partial charge in [-0.25, -0.2) is 9.36 Å². The van der Waals surface area contributed by atoms with E-state index in [1.807, 2.05) is 0 Å². The van der Waals surface area contributed by atoms with Gasteiger partial charge >= 0.3 is 13.8 Å². The van der Waals surface area contributed by atoms with Gasteiger partial charge in [0.2, 0.25) is 5.78 Å². The van der Waals surface area contributed by atoms with Crippen molar-refractivity contribution in [1.82, 2.24) is 4.98 Å². The van der Waals surface area contributed by atoms with E-state index in [9.17, 15) is 19.3 Å². The first-order chi connectivity index (χ1) is 9.61. The number of ketones is 1. The van der Waals surface area contributed by atoms with Crippen LogP contribution in [0.2, 0.25) is 0 Å². The van der Waals surface area contributed by atoms with Gasteiger partial charge in [-0.3, -0.25) is 14.3 Å². The lowest BCUT2D eigenvalue weighted by Gasteiger charge is -2.13. The molecule has 0 spiro atoms. The van der Waals surface area contributed by atoms with E-state index in [0.29, 0.717) is 0 Å². The van der Waals surface area contributed by atoms with Gasteiger partial charge in [0.25, 0.3) is 0 Å². The number of carboxylic acids is 1. The lowest BCUT2D eigenvalue weighted by Crippen LogP contribution is -2.14. The average Bonchev–Trinajstić information content (AvgIpc) is 2.37. The Kier molecular flexibility index (Phi) is 5.56. The van der Waals surface area contributed by atoms with Crippen LogP contribution in [0.25, 0.3) is 0 Å². The molecule has 0 aromatic carbocycles. The highest BCUT2D eigenvalue weighted by molar-refractivity contribution is 7.46. The SMILES string of the molecule is Cc1ncc(COP(=O)(O)O)c(CCC(=O)C(=O)O)c1O. The second-order valence-electron chi connectivity index (χ2n) is 4.19. The van der Waals surface area contributed by atoms with Crippen molar-refractivity contribution in [2.45, 2.75) is 26.4 Å². The summed E-state index contributed by atoms with van der Waals surface area (Å²) in [7, 11) is -4.70. The topological polar surface area (TPSA) is 154 Å². The number of hydrogen-bond acceptors (Lipinski definition) is 6. The molecule has 0 fully saturated rings. The maximum absolute atomic E-state index is 11.1. The van der Waals surface area contributed by atoms with Crippen LogP contribution in [0.4, 0.5) is 0 Å². The van der Waals surface area contributed by atoms with Crippen LogP contribution in [-0.4, -0.2) is 36.7 Å². The third kappa shape index (κ3) is 5.24. The Labute approximate surface area is 119 Å². The number of aromatic nitrogens is 1. The zero-order valence-electron chi connectivity index (χ0n) is 11.0. The minimum absolute atomic E-state index is 0.111. The first-order valence-electron chi connectivity index (χ1n) is 5.74. The molecule has 0 bridgehead atoms. The molecule has 1 aromatic heterocycles. The largest absolute Gasteiger partial charge is 0.506 e. The molecule has 0 unspecified atom stereocenters. The number of carboxylic acid groups (broad SMARTS) is 1. The summed E-state index contributed by atoms with van der Waals surface area (Å²) >= 11 is 0. The Hall–Kier alpha value is -1.80. The van der Waals surface area contributed by atoms with Crippen molar-refractivity contribution in [3.05, 3.63) is 23.0 Å². The summed E-state index contributed by atoms with van der Waals surface area (Å²) in [6.45, 7) is 0.965. The molecule has 0 saturated heterocycles. The van der Waals surface area contributed by atoms with E-state index < -0.39 is 26.2 Å². The van der Waals surface area contributed by atoms with Crippen molar-refractivity contribution >= 4 is 19.6 Å². The molecule has 1 heterocycles. The van der Waals surface area contributed by atoms with E-state index in [2.05, 4.69) is 9.51 Å². The van der Waals surface area contributed by atoms with Gasteiger partial charge in [-0.05, 0) is 13.3 Å². The second-order valence-corrected chi connectivity index (χ2v) is 5.43. The van der Waals surface area contributed by atoms with Gasteiger partial charge in [-0.15, -0.1) is 0 Å². The fourth-order valence-electron chi connectivity index (χ4n) is 1.59. The quantitative estimate of drug-likeness (QED) is 0.410. The van der Waals surface area contributed by atoms with Crippen molar-refractivity contribution in [1.29, 1.82) is 0 Å². The number of carbonyl (C=O) groups is 2. The monoisotopic (exact) mass is 319 g/mol. The standard InChI is InChI=1S/C11H14NO8P/c1-6-10(14)8(2-3-9(13)11(15)16)7(4-12-6)5-20-21(17,18)19/h4,14H,2-3,5H2,1H3,(H,15,16)(H2,17,18,19). The number of hydrogen-bond donors (Lipinski definition) is 4. The number of aliphatic carboxylic acids is 1. The van der Waals surface area contributed by atoms with Crippen molar-refractivity contribution < 1.29 is 38.7 Å². The highest BCUT2D eigenvalue weighted by atomic mass is 31.2. The number of aryl methyl sites for hydroxylation is 1. The first-order valence-corrected chi connectivity index (χ1v) is 7.27. The number of carbonyl (C=O) groups excluding carboxylic acids is 1. The predicted octanol–water partition coefficient (Wildman–Crippen LogP) is 0.291. The van der Waals surface area contributed by atoms with Crippen molar-refractivity contribution in [3.8, 4) is 5.75 Å². The smallest absolute Gasteiger partial charge is 0.469 e. The summed E-state index contributed by atoms with van der Waals surface area (Å²) in [6, 6.07) is 0. The number of phosphoric acid groups is 1. The molecular weight excluding hydrogens is 305 g/mol. The van der Waals surface area contributed by atoms with E-state index in [-0.39, 0.29) is 35.4 Å². The fourth-order valence-corrected chi connectivity index (χ4v) is 1.89. The lowest BCUT2D eigenvalue weighted by molar-refractivity contribution is -0.149. The van der Waals surface area contributed by atoms with Crippen LogP contribution >= 0.6 is 7.82 Å². The Morgan fingerprint density at radius 2 is 2.00 bits per heavy atom. The van der Waals surface area contributed by atoms with E-state index in [1.165, 1.54) is 13.1 Å². The molecule has 0 aliphatic heterocycles. The second kappa shape index (κ2) is 6.77. The third-order valence-electron chi connectivity index (χ3n) is 2.66. The van der Waals surface area contributed by atoms with E-state index in [1.54, 1.807) is 0 Å². The average molecular weight is 319 g/mol. The Bertz CT molecular complexity index is 608. The molecule has 1 rings (SSSR count). The molecule has 0 aliphatic carbocycles. The highest BCUT2D eigenvalue weighted by Gasteiger charge is 2.19. The summed E-state index contributed by atoms with van der Waals surface area (Å²) in [5, 5.41) is 18.4. The predicted molar refractivity (Wildman–Crippen MR) is 68.4 cm³/mol. The van der Waals surface area contributed by atoms with Gasteiger partial charge in [-0.1, -0.05) is 0 Å². The van der Waals surface area contributed by atoms with Gasteiger partial charge in [0.15, 0.2) is 0 Å². The van der Waals surface area contributed by atoms with Crippen molar-refractivity contribution in [3.63, 3.8) is 0 Å². The van der Waals surface area contributed by atoms with Gasteiger partial charge < -0.3 is 20.0 Å². The molecule has 10 heteroatoms. The Morgan fingerprint density at radius 3 is 2.52 bits per heavy atom. The zero-order valence-corrected chi connectivity index (χ0v) is 11.9. The van der Waals surface area contributed by atoms with E-state index >= 15 is 0 Å². The number of rotatable bonds is 7. The molecule has 0 saturated carbocycles. The molecular formula is C11H14NO8P. The van der Waals surface area contributed by atoms with Gasteiger partial charge in [0.05, 0.1) is 12.3 Å². The summed E-state index contributed by atoms with van der Waals surface area (Å²) in [5.41, 5.74) is 0.581. The summed E-state index contributed by atoms with van der Waals surface area (Å²) < 4.78 is 15.0. The van der Waals surface area contributed by atoms with Crippen LogP contribution in [0.1, 0.15) is 23.2 Å². The molecule has 9 nitrogen and oxygen atoms in total. The summed E-state index contributed by atoms with van der Waals surface area (Å²) in [4.78, 5) is 42.7. The molecule has 0 radical (unpaired) electrons. The maximum atomic E-state index is 11.1. The van der Waals surface area contributed by atoms with Crippen LogP contribution in [0.3, 0.4) is 0 Å². The Balaban J connectivity index is 2.98. The van der Waals surface area contributed by atoms with Gasteiger partial charge in [0.1, 0.15) is 5.75 Å². The molecule has 1 aromatic rings. The van der Waals surface area contributed by atoms with Crippen LogP contribution in [0, 0.1) is 6.92 Å². The summed E-state index contributed by atoms with van der Waals surface area (Å²) in [5.74, 6) is -2.89. The number of phosphoric ester groups is 1. The molecule has 4 N–H and O–H groups in total. The number of Topliss-reactive ketones (excluding diaryl/α,β-unsaturated/α-hetero) is 1. The maximum Gasteiger partial charge on any atom is 0.469 e. The third-order valence-corrected chi connectivity index (χ3v) is 3.12. The molecule has 0 amide bonds. The Morgan fingerprint density at radius 1 is 1.38 bits per heavy atom. The van der Waals surface area contributed by atoms with Gasteiger partial charge in [-0.2, -0.15) is 0 Å². The first kappa shape index (κ1) is 17.3. The minimum atomic E-state index is -4.70. The van der Waals surface area contributed by atoms with E-state index in [4.69, 9.17) is 14.9 Å². The number of aromatic hydroxyl groups is 1. The summed E-state index contributed by atoms with van der Waals surface area (Å²) in [6.07, 6.45) is 0.765. The van der Waals surface area contributed by atoms with Crippen LogP contribution in [0.15, 0.2) is 6.20 Å². The number of nitrogens with zero attached hydrogens (tertiary/aromatic N) is 1. The molecule has 116 valence electrons. The van der Waals surface area contributed by atoms with Crippen molar-refractivity contribution in [2.24, 2.45) is 0 Å². The molecule has 0 aliphatic rings. The highest BCUT2D eigenvalue weighted by Crippen LogP contribution is 2.38. The van der Waals surface area contributed by atoms with E-state index in [0.717, 1.165) is 0 Å². The minimum Gasteiger partial charge on any atom is -0.506 e. The van der Waals surface area contributed by atoms with Crippen LogP contribution in [0.5, 0.6) is 5.75 Å². The molecule has 0 atom stereocenters. The normalized spacial score (nSPS) is 11.4.